The first-order valence-electron chi connectivity index (χ1n) is 13.3. The Kier molecular flexibility index (Phi) is 8.27. The number of phenolic OH excluding ortho intramolecular Hbond substituents is 3. The zero-order valence-electron chi connectivity index (χ0n) is 22.9. The van der Waals surface area contributed by atoms with E-state index in [9.17, 15) is 44.1 Å². The molecule has 2 unspecified atom stereocenters. The molecule has 0 saturated carbocycles. The van der Waals surface area contributed by atoms with Gasteiger partial charge >= 0.3 is 5.97 Å². The molecule has 2 aliphatic carbocycles. The highest BCUT2D eigenvalue weighted by Crippen LogP contribution is 2.47. The van der Waals surface area contributed by atoms with Gasteiger partial charge in [-0.3, -0.25) is 19.2 Å². The minimum absolute atomic E-state index is 0.0354. The first-order chi connectivity index (χ1) is 19.3. The van der Waals surface area contributed by atoms with Gasteiger partial charge in [0.1, 0.15) is 35.7 Å². The van der Waals surface area contributed by atoms with Gasteiger partial charge in [0.15, 0.2) is 11.6 Å². The summed E-state index contributed by atoms with van der Waals surface area (Å²) in [5.41, 5.74) is -0.746. The van der Waals surface area contributed by atoms with Crippen LogP contribution in [0, 0.1) is 11.8 Å². The van der Waals surface area contributed by atoms with E-state index in [-0.39, 0.29) is 77.2 Å². The molecule has 0 aliphatic heterocycles. The third-order valence-corrected chi connectivity index (χ3v) is 7.57. The van der Waals surface area contributed by atoms with E-state index in [1.165, 1.54) is 25.1 Å². The molecule has 0 bridgehead atoms. The van der Waals surface area contributed by atoms with Crippen molar-refractivity contribution in [3.63, 3.8) is 0 Å². The van der Waals surface area contributed by atoms with Gasteiger partial charge in [0.05, 0.1) is 16.7 Å². The minimum Gasteiger partial charge on any atom is -0.507 e. The number of amides is 1. The van der Waals surface area contributed by atoms with Crippen molar-refractivity contribution in [3.8, 4) is 17.2 Å². The highest BCUT2D eigenvalue weighted by Gasteiger charge is 2.41. The van der Waals surface area contributed by atoms with E-state index in [4.69, 9.17) is 4.74 Å². The normalized spacial score (nSPS) is 16.3. The highest BCUT2D eigenvalue weighted by molar-refractivity contribution is 6.31. The Morgan fingerprint density at radius 1 is 0.951 bits per heavy atom. The molecular weight excluding hydrogens is 534 g/mol. The van der Waals surface area contributed by atoms with E-state index >= 15 is 0 Å². The summed E-state index contributed by atoms with van der Waals surface area (Å²) in [6.07, 6.45) is 0.208. The molecule has 0 radical (unpaired) electrons. The lowest BCUT2D eigenvalue weighted by Gasteiger charge is -2.29. The summed E-state index contributed by atoms with van der Waals surface area (Å²) in [6.45, 7) is 4.15. The van der Waals surface area contributed by atoms with Crippen molar-refractivity contribution >= 4 is 35.0 Å². The van der Waals surface area contributed by atoms with Crippen LogP contribution in [0.4, 0.5) is 0 Å². The van der Waals surface area contributed by atoms with E-state index in [0.717, 1.165) is 0 Å². The second kappa shape index (κ2) is 11.5. The fourth-order valence-corrected chi connectivity index (χ4v) is 5.31. The molecule has 0 heterocycles. The summed E-state index contributed by atoms with van der Waals surface area (Å²) < 4.78 is 5.22. The first kappa shape index (κ1) is 29.4. The topological polar surface area (TPSA) is 184 Å². The van der Waals surface area contributed by atoms with Gasteiger partial charge in [-0.2, -0.15) is 0 Å². The second-order valence-electron chi connectivity index (χ2n) is 10.8. The molecule has 0 aromatic heterocycles. The number of nitrogens with one attached hydrogen (secondary N) is 1. The number of hydrogen-bond donors (Lipinski definition) is 4. The average Bonchev–Trinajstić information content (AvgIpc) is 2.93. The molecule has 2 aromatic carbocycles. The number of phenols is 3. The van der Waals surface area contributed by atoms with Gasteiger partial charge in [0.2, 0.25) is 11.7 Å². The quantitative estimate of drug-likeness (QED) is 0.222. The smallest absolute Gasteiger partial charge is 0.329 e. The van der Waals surface area contributed by atoms with Gasteiger partial charge in [0.25, 0.3) is 0 Å². The van der Waals surface area contributed by atoms with Crippen molar-refractivity contribution in [1.29, 1.82) is 0 Å². The van der Waals surface area contributed by atoms with Gasteiger partial charge < -0.3 is 30.2 Å². The summed E-state index contributed by atoms with van der Waals surface area (Å²) in [4.78, 5) is 75.3. The number of ether oxygens (including phenoxy) is 1. The molecule has 216 valence electrons. The van der Waals surface area contributed by atoms with E-state index in [1.54, 1.807) is 13.8 Å². The Labute approximate surface area is 235 Å². The molecule has 2 aliphatic rings. The van der Waals surface area contributed by atoms with E-state index in [1.807, 2.05) is 0 Å². The number of hydrogen-bond acceptors (Lipinski definition) is 10. The number of Topliss-reactive ketones (excluding diaryl/α,β-unsaturated/α-hetero) is 2. The first-order valence-corrected chi connectivity index (χ1v) is 13.3. The fraction of sp³-hybridized carbons (Fsp3) is 0.400. The molecule has 4 N–H and O–H groups in total. The van der Waals surface area contributed by atoms with Crippen molar-refractivity contribution < 1.29 is 48.8 Å². The molecule has 0 spiro atoms. The number of ketones is 4. The second-order valence-corrected chi connectivity index (χ2v) is 10.8. The lowest BCUT2D eigenvalue weighted by atomic mass is 9.75. The Morgan fingerprint density at radius 3 is 2.27 bits per heavy atom. The molecule has 2 aromatic rings. The Hall–Kier alpha value is -4.54. The van der Waals surface area contributed by atoms with Gasteiger partial charge in [-0.05, 0) is 38.2 Å². The minimum atomic E-state index is -1.02. The molecule has 11 heteroatoms. The van der Waals surface area contributed by atoms with Crippen molar-refractivity contribution in [1.82, 2.24) is 5.32 Å². The molecule has 2 atom stereocenters. The van der Waals surface area contributed by atoms with Gasteiger partial charge in [0, 0.05) is 35.4 Å². The molecule has 41 heavy (non-hydrogen) atoms. The van der Waals surface area contributed by atoms with Gasteiger partial charge in [-0.1, -0.05) is 26.0 Å². The van der Waals surface area contributed by atoms with Crippen molar-refractivity contribution in [3.05, 3.63) is 51.6 Å². The van der Waals surface area contributed by atoms with Crippen molar-refractivity contribution in [2.75, 3.05) is 6.61 Å². The van der Waals surface area contributed by atoms with Crippen LogP contribution in [0.15, 0.2) is 18.2 Å². The highest BCUT2D eigenvalue weighted by atomic mass is 16.5. The summed E-state index contributed by atoms with van der Waals surface area (Å²) in [5, 5.41) is 34.8. The Bertz CT molecular complexity index is 1490. The number of rotatable bonds is 9. The number of carbonyl (C=O) groups is 6. The number of esters is 1. The zero-order valence-corrected chi connectivity index (χ0v) is 22.9. The van der Waals surface area contributed by atoms with E-state index < -0.39 is 65.0 Å². The number of carbonyl (C=O) groups excluding carboxylic acids is 6. The van der Waals surface area contributed by atoms with E-state index in [0.29, 0.717) is 0 Å². The van der Waals surface area contributed by atoms with Crippen LogP contribution in [-0.2, 0) is 36.8 Å². The summed E-state index contributed by atoms with van der Waals surface area (Å²) in [7, 11) is 0. The van der Waals surface area contributed by atoms with E-state index in [2.05, 4.69) is 5.32 Å². The average molecular weight is 566 g/mol. The molecule has 0 saturated heterocycles. The predicted molar refractivity (Wildman–Crippen MR) is 143 cm³/mol. The molecule has 11 nitrogen and oxygen atoms in total. The third kappa shape index (κ3) is 5.57. The monoisotopic (exact) mass is 565 g/mol. The van der Waals surface area contributed by atoms with Crippen LogP contribution in [0.3, 0.4) is 0 Å². The summed E-state index contributed by atoms with van der Waals surface area (Å²) in [5.74, 6) is -5.91. The largest absolute Gasteiger partial charge is 0.507 e. The van der Waals surface area contributed by atoms with Crippen molar-refractivity contribution in [2.45, 2.75) is 58.9 Å². The van der Waals surface area contributed by atoms with Crippen LogP contribution in [0.2, 0.25) is 0 Å². The number of benzene rings is 2. The SMILES string of the molecule is CC(=O)CCC(=O)NC(C(=O)OCC(=O)C1CCc2c(O)c3c(c(O)c2C1)C(=O)c1cccc(O)c1C3=O)C(C)C. The van der Waals surface area contributed by atoms with Crippen LogP contribution in [0.1, 0.15) is 83.0 Å². The molecule has 1 amide bonds. The Morgan fingerprint density at radius 2 is 1.61 bits per heavy atom. The van der Waals surface area contributed by atoms with Crippen LogP contribution in [0.25, 0.3) is 0 Å². The Balaban J connectivity index is 1.50. The fourth-order valence-electron chi connectivity index (χ4n) is 5.31. The zero-order chi connectivity index (χ0) is 30.2. The standard InChI is InChI=1S/C30H31NO10/c1-13(2)25(31-21(35)10-7-14(3)32)30(40)41-12-20(34)15-8-9-16-18(11-15)28(38)23-24(26(16)36)29(39)22-17(27(23)37)5-4-6-19(22)33/h4-6,13,15,25,33,36,38H,7-12H2,1-3H3,(H,31,35). The van der Waals surface area contributed by atoms with Crippen LogP contribution >= 0.6 is 0 Å². The predicted octanol–water partition coefficient (Wildman–Crippen LogP) is 2.31. The lowest BCUT2D eigenvalue weighted by Crippen LogP contribution is -2.46. The molecule has 0 fully saturated rings. The van der Waals surface area contributed by atoms with Crippen LogP contribution in [-0.4, -0.2) is 63.0 Å². The maximum absolute atomic E-state index is 13.2. The molecular formula is C30H31NO10. The third-order valence-electron chi connectivity index (χ3n) is 7.57. The summed E-state index contributed by atoms with van der Waals surface area (Å²) >= 11 is 0. The summed E-state index contributed by atoms with van der Waals surface area (Å²) in [6, 6.07) is 2.95. The maximum atomic E-state index is 13.2. The van der Waals surface area contributed by atoms with Gasteiger partial charge in [-0.25, -0.2) is 4.79 Å². The van der Waals surface area contributed by atoms with Crippen LogP contribution < -0.4 is 5.32 Å². The lowest BCUT2D eigenvalue weighted by molar-refractivity contribution is -0.153. The van der Waals surface area contributed by atoms with Crippen LogP contribution in [0.5, 0.6) is 17.2 Å². The number of aromatic hydroxyl groups is 3. The van der Waals surface area contributed by atoms with Gasteiger partial charge in [-0.15, -0.1) is 0 Å². The number of fused-ring (bicyclic) bond motifs is 3. The van der Waals surface area contributed by atoms with Crippen molar-refractivity contribution in [2.24, 2.45) is 11.8 Å². The molecule has 4 rings (SSSR count). The maximum Gasteiger partial charge on any atom is 0.329 e.